The van der Waals surface area contributed by atoms with Crippen LogP contribution in [-0.2, 0) is 11.4 Å². The van der Waals surface area contributed by atoms with Gasteiger partial charge in [0.05, 0.1) is 24.4 Å². The minimum absolute atomic E-state index is 0.00285. The second kappa shape index (κ2) is 8.57. The van der Waals surface area contributed by atoms with E-state index in [2.05, 4.69) is 5.10 Å². The molecule has 1 aliphatic carbocycles. The van der Waals surface area contributed by atoms with Gasteiger partial charge in [0, 0.05) is 41.8 Å². The Balaban J connectivity index is 1.74. The predicted octanol–water partition coefficient (Wildman–Crippen LogP) is 4.78. The Morgan fingerprint density at radius 1 is 1.16 bits per heavy atom. The van der Waals surface area contributed by atoms with E-state index >= 15 is 0 Å². The van der Waals surface area contributed by atoms with Crippen LogP contribution in [0.4, 0.5) is 8.78 Å². The molecule has 2 atom stereocenters. The van der Waals surface area contributed by atoms with E-state index in [9.17, 15) is 23.5 Å². The molecule has 3 aromatic rings. The normalized spacial score (nSPS) is 17.9. The molecule has 10 heteroatoms. The van der Waals surface area contributed by atoms with Gasteiger partial charge in [0.1, 0.15) is 29.7 Å². The van der Waals surface area contributed by atoms with Gasteiger partial charge in [-0.1, -0.05) is 0 Å². The van der Waals surface area contributed by atoms with E-state index in [0.29, 0.717) is 40.3 Å². The number of methoxy groups -OCH3 is 1. The summed E-state index contributed by atoms with van der Waals surface area (Å²) in [5.41, 5.74) is 1.84. The zero-order valence-electron chi connectivity index (χ0n) is 21.1. The summed E-state index contributed by atoms with van der Waals surface area (Å²) < 4.78 is 41.4. The van der Waals surface area contributed by atoms with E-state index in [1.807, 2.05) is 20.8 Å². The Bertz CT molecular complexity index is 1420. The lowest BCUT2D eigenvalue weighted by molar-refractivity contribution is -0.138. The molecule has 0 unspecified atom stereocenters. The standard InChI is InChI=1S/C27H27F2N3O5/c1-27(2,3)31(4)25(33)23-20-12-37-22-11-21(36-5)17(16-9-18(16)26(34)35)10-19(22)24(20)32(30-23)15-7-13(28)6-14(29)8-15/h6-8,10-11,16,18H,9,12H2,1-5H3,(H,34,35)/t16-,18+/m1/s1. The quantitative estimate of drug-likeness (QED) is 0.530. The van der Waals surface area contributed by atoms with E-state index in [0.717, 1.165) is 18.2 Å². The number of halogens is 2. The minimum Gasteiger partial charge on any atom is -0.496 e. The number of carboxylic acid groups (broad SMARTS) is 1. The molecule has 1 aliphatic heterocycles. The second-order valence-corrected chi connectivity index (χ2v) is 10.4. The molecular formula is C27H27F2N3O5. The lowest BCUT2D eigenvalue weighted by atomic mass is 9.96. The van der Waals surface area contributed by atoms with Crippen molar-refractivity contribution in [2.24, 2.45) is 5.92 Å². The van der Waals surface area contributed by atoms with Crippen LogP contribution < -0.4 is 9.47 Å². The van der Waals surface area contributed by atoms with E-state index in [-0.39, 0.29) is 29.8 Å². The Morgan fingerprint density at radius 3 is 2.41 bits per heavy atom. The number of carbonyl (C=O) groups excluding carboxylic acids is 1. The van der Waals surface area contributed by atoms with Gasteiger partial charge in [0.2, 0.25) is 0 Å². The number of carbonyl (C=O) groups is 2. The van der Waals surface area contributed by atoms with Crippen LogP contribution in [0, 0.1) is 17.6 Å². The molecule has 1 aromatic heterocycles. The molecule has 8 nitrogen and oxygen atoms in total. The van der Waals surface area contributed by atoms with Crippen LogP contribution in [-0.4, -0.2) is 51.4 Å². The first-order valence-corrected chi connectivity index (χ1v) is 11.8. The summed E-state index contributed by atoms with van der Waals surface area (Å²) in [5, 5.41) is 14.0. The van der Waals surface area contributed by atoms with Crippen molar-refractivity contribution in [3.8, 4) is 28.4 Å². The summed E-state index contributed by atoms with van der Waals surface area (Å²) >= 11 is 0. The van der Waals surface area contributed by atoms with E-state index in [1.165, 1.54) is 11.8 Å². The van der Waals surface area contributed by atoms with E-state index in [4.69, 9.17) is 9.47 Å². The number of rotatable bonds is 5. The topological polar surface area (TPSA) is 93.9 Å². The highest BCUT2D eigenvalue weighted by Crippen LogP contribution is 2.54. The van der Waals surface area contributed by atoms with Crippen LogP contribution in [0.3, 0.4) is 0 Å². The van der Waals surface area contributed by atoms with Gasteiger partial charge in [-0.05, 0) is 51.0 Å². The van der Waals surface area contributed by atoms with Crippen molar-refractivity contribution in [2.45, 2.75) is 45.3 Å². The lowest BCUT2D eigenvalue weighted by Gasteiger charge is -2.31. The molecule has 194 valence electrons. The molecule has 0 spiro atoms. The van der Waals surface area contributed by atoms with Gasteiger partial charge in [-0.2, -0.15) is 5.10 Å². The molecule has 0 saturated heterocycles. The number of amides is 1. The SMILES string of the molecule is COc1cc2c(cc1[C@H]1C[C@@H]1C(=O)O)-c1c(c(C(=O)N(C)C(C)(C)C)nn1-c1cc(F)cc(F)c1)CO2. The average Bonchev–Trinajstić information content (AvgIpc) is 3.54. The molecule has 2 heterocycles. The Hall–Kier alpha value is -3.95. The van der Waals surface area contributed by atoms with Gasteiger partial charge in [0.15, 0.2) is 5.69 Å². The van der Waals surface area contributed by atoms with E-state index in [1.54, 1.807) is 24.1 Å². The number of fused-ring (bicyclic) bond motifs is 3. The summed E-state index contributed by atoms with van der Waals surface area (Å²) in [4.78, 5) is 26.6. The van der Waals surface area contributed by atoms with Crippen LogP contribution in [0.5, 0.6) is 11.5 Å². The van der Waals surface area contributed by atoms with Crippen LogP contribution in [0.15, 0.2) is 30.3 Å². The zero-order chi connectivity index (χ0) is 26.8. The van der Waals surface area contributed by atoms with Crippen molar-refractivity contribution < 1.29 is 33.0 Å². The third-order valence-electron chi connectivity index (χ3n) is 7.05. The number of hydrogen-bond acceptors (Lipinski definition) is 5. The fraction of sp³-hybridized carbons (Fsp3) is 0.370. The van der Waals surface area contributed by atoms with Gasteiger partial charge < -0.3 is 19.5 Å². The molecule has 1 amide bonds. The molecule has 1 saturated carbocycles. The smallest absolute Gasteiger partial charge is 0.307 e. The highest BCUT2D eigenvalue weighted by Gasteiger charge is 2.46. The maximum Gasteiger partial charge on any atom is 0.307 e. The number of aromatic nitrogens is 2. The zero-order valence-corrected chi connectivity index (χ0v) is 21.1. The highest BCUT2D eigenvalue weighted by molar-refractivity contribution is 5.97. The second-order valence-electron chi connectivity index (χ2n) is 10.4. The number of ether oxygens (including phenoxy) is 2. The molecular weight excluding hydrogens is 484 g/mol. The molecule has 1 fully saturated rings. The molecule has 37 heavy (non-hydrogen) atoms. The number of carboxylic acids is 1. The summed E-state index contributed by atoms with van der Waals surface area (Å²) in [6.45, 7) is 5.66. The molecule has 2 aromatic carbocycles. The van der Waals surface area contributed by atoms with Crippen LogP contribution >= 0.6 is 0 Å². The Morgan fingerprint density at radius 2 is 1.84 bits per heavy atom. The van der Waals surface area contributed by atoms with Crippen molar-refractivity contribution in [1.82, 2.24) is 14.7 Å². The Kier molecular flexibility index (Phi) is 5.73. The summed E-state index contributed by atoms with van der Waals surface area (Å²) in [7, 11) is 3.16. The molecule has 0 bridgehead atoms. The predicted molar refractivity (Wildman–Crippen MR) is 130 cm³/mol. The number of nitrogens with zero attached hydrogens (tertiary/aromatic N) is 3. The van der Waals surface area contributed by atoms with Crippen LogP contribution in [0.2, 0.25) is 0 Å². The first-order chi connectivity index (χ1) is 17.4. The number of benzene rings is 2. The van der Waals surface area contributed by atoms with Crippen LogP contribution in [0.25, 0.3) is 16.9 Å². The fourth-order valence-corrected chi connectivity index (χ4v) is 4.66. The lowest BCUT2D eigenvalue weighted by Crippen LogP contribution is -2.43. The number of hydrogen-bond donors (Lipinski definition) is 1. The van der Waals surface area contributed by atoms with Gasteiger partial charge in [-0.15, -0.1) is 0 Å². The first kappa shape index (κ1) is 24.7. The van der Waals surface area contributed by atoms with Gasteiger partial charge in [-0.25, -0.2) is 13.5 Å². The monoisotopic (exact) mass is 511 g/mol. The molecule has 1 N–H and O–H groups in total. The first-order valence-electron chi connectivity index (χ1n) is 11.8. The summed E-state index contributed by atoms with van der Waals surface area (Å²) in [5.74, 6) is -2.69. The Labute approximate surface area is 212 Å². The minimum atomic E-state index is -0.889. The van der Waals surface area contributed by atoms with Crippen molar-refractivity contribution in [1.29, 1.82) is 0 Å². The summed E-state index contributed by atoms with van der Waals surface area (Å²) in [6, 6.07) is 6.49. The van der Waals surface area contributed by atoms with Crippen molar-refractivity contribution in [3.63, 3.8) is 0 Å². The maximum absolute atomic E-state index is 14.2. The highest BCUT2D eigenvalue weighted by atomic mass is 19.1. The fourth-order valence-electron chi connectivity index (χ4n) is 4.66. The van der Waals surface area contributed by atoms with Gasteiger partial charge in [0.25, 0.3) is 5.91 Å². The van der Waals surface area contributed by atoms with Crippen molar-refractivity contribution >= 4 is 11.9 Å². The number of aliphatic carboxylic acids is 1. The van der Waals surface area contributed by atoms with Gasteiger partial charge in [-0.3, -0.25) is 9.59 Å². The maximum atomic E-state index is 14.2. The molecule has 5 rings (SSSR count). The molecule has 2 aliphatic rings. The van der Waals surface area contributed by atoms with Crippen molar-refractivity contribution in [3.05, 3.63) is 58.8 Å². The largest absolute Gasteiger partial charge is 0.496 e. The third kappa shape index (κ3) is 4.20. The summed E-state index contributed by atoms with van der Waals surface area (Å²) in [6.07, 6.45) is 0.465. The molecule has 0 radical (unpaired) electrons. The van der Waals surface area contributed by atoms with Gasteiger partial charge >= 0.3 is 5.97 Å². The van der Waals surface area contributed by atoms with Crippen molar-refractivity contribution in [2.75, 3.05) is 14.2 Å². The van der Waals surface area contributed by atoms with E-state index < -0.39 is 29.1 Å². The average molecular weight is 512 g/mol. The van der Waals surface area contributed by atoms with Crippen LogP contribution in [0.1, 0.15) is 54.7 Å². The third-order valence-corrected chi connectivity index (χ3v) is 7.05.